The zero-order valence-electron chi connectivity index (χ0n) is 11.5. The summed E-state index contributed by atoms with van der Waals surface area (Å²) in [6.07, 6.45) is 10.2. The molecule has 0 heterocycles. The van der Waals surface area contributed by atoms with Gasteiger partial charge in [-0.05, 0) is 43.6 Å². The summed E-state index contributed by atoms with van der Waals surface area (Å²) in [4.78, 5) is 0. The summed E-state index contributed by atoms with van der Waals surface area (Å²) in [5, 5.41) is 3.89. The van der Waals surface area contributed by atoms with Crippen LogP contribution in [0.3, 0.4) is 0 Å². The first-order valence-corrected chi connectivity index (χ1v) is 7.61. The third-order valence-corrected chi connectivity index (χ3v) is 5.27. The summed E-state index contributed by atoms with van der Waals surface area (Å²) in [5.41, 5.74) is 2.09. The van der Waals surface area contributed by atoms with Crippen molar-refractivity contribution < 1.29 is 0 Å². The molecule has 1 N–H and O–H groups in total. The molecular weight excluding hydrogens is 218 g/mol. The van der Waals surface area contributed by atoms with Crippen LogP contribution in [-0.4, -0.2) is 6.04 Å². The van der Waals surface area contributed by atoms with Crippen LogP contribution in [0, 0.1) is 5.41 Å². The second-order valence-electron chi connectivity index (χ2n) is 6.31. The Morgan fingerprint density at radius 1 is 1.06 bits per heavy atom. The summed E-state index contributed by atoms with van der Waals surface area (Å²) < 4.78 is 0. The third kappa shape index (κ3) is 2.21. The van der Waals surface area contributed by atoms with Crippen molar-refractivity contribution in [2.45, 2.75) is 64.0 Å². The maximum absolute atomic E-state index is 3.89. The van der Waals surface area contributed by atoms with Crippen molar-refractivity contribution >= 4 is 0 Å². The Morgan fingerprint density at radius 2 is 1.78 bits per heavy atom. The van der Waals surface area contributed by atoms with Crippen LogP contribution in [0.1, 0.15) is 63.5 Å². The molecule has 2 aliphatic carbocycles. The summed E-state index contributed by atoms with van der Waals surface area (Å²) in [5.74, 6) is 0. The molecule has 98 valence electrons. The fourth-order valence-corrected chi connectivity index (χ4v) is 3.95. The van der Waals surface area contributed by atoms with Crippen molar-refractivity contribution in [2.75, 3.05) is 0 Å². The average Bonchev–Trinajstić information content (AvgIpc) is 2.45. The zero-order chi connectivity index (χ0) is 12.4. The summed E-state index contributed by atoms with van der Waals surface area (Å²) in [6, 6.07) is 12.1. The number of nitrogens with one attached hydrogen (secondary N) is 1. The Hall–Kier alpha value is -0.820. The highest BCUT2D eigenvalue weighted by molar-refractivity contribution is 5.19. The summed E-state index contributed by atoms with van der Waals surface area (Å²) in [6.45, 7) is 2.31. The SMILES string of the molecule is C[C@H](NC1CCC12CCCCC2)c1ccccc1. The minimum absolute atomic E-state index is 0.496. The molecule has 0 bridgehead atoms. The van der Waals surface area contributed by atoms with Crippen molar-refractivity contribution in [3.8, 4) is 0 Å². The van der Waals surface area contributed by atoms with Crippen molar-refractivity contribution in [1.29, 1.82) is 0 Å². The van der Waals surface area contributed by atoms with Gasteiger partial charge in [-0.3, -0.25) is 0 Å². The van der Waals surface area contributed by atoms with Gasteiger partial charge in [-0.25, -0.2) is 0 Å². The Morgan fingerprint density at radius 3 is 2.39 bits per heavy atom. The van der Waals surface area contributed by atoms with Gasteiger partial charge in [0.05, 0.1) is 0 Å². The maximum atomic E-state index is 3.89. The molecule has 1 spiro atoms. The molecule has 0 aromatic heterocycles. The normalized spacial score (nSPS) is 27.7. The van der Waals surface area contributed by atoms with E-state index in [1.54, 1.807) is 0 Å². The summed E-state index contributed by atoms with van der Waals surface area (Å²) >= 11 is 0. The van der Waals surface area contributed by atoms with Gasteiger partial charge in [0.2, 0.25) is 0 Å². The Bertz CT molecular complexity index is 378. The molecule has 1 heteroatoms. The minimum atomic E-state index is 0.496. The Kier molecular flexibility index (Phi) is 3.43. The monoisotopic (exact) mass is 243 g/mol. The van der Waals surface area contributed by atoms with Crippen LogP contribution in [0.15, 0.2) is 30.3 Å². The van der Waals surface area contributed by atoms with Gasteiger partial charge in [0.25, 0.3) is 0 Å². The lowest BCUT2D eigenvalue weighted by molar-refractivity contribution is 0.0174. The van der Waals surface area contributed by atoms with Crippen molar-refractivity contribution in [1.82, 2.24) is 5.32 Å². The fraction of sp³-hybridized carbons (Fsp3) is 0.647. The second-order valence-corrected chi connectivity index (χ2v) is 6.31. The van der Waals surface area contributed by atoms with Crippen LogP contribution in [0.5, 0.6) is 0 Å². The van der Waals surface area contributed by atoms with Crippen LogP contribution in [0.4, 0.5) is 0 Å². The van der Waals surface area contributed by atoms with Gasteiger partial charge >= 0.3 is 0 Å². The molecule has 1 nitrogen and oxygen atoms in total. The first-order valence-electron chi connectivity index (χ1n) is 7.61. The van der Waals surface area contributed by atoms with E-state index in [2.05, 4.69) is 42.6 Å². The van der Waals surface area contributed by atoms with Crippen molar-refractivity contribution in [3.63, 3.8) is 0 Å². The van der Waals surface area contributed by atoms with E-state index >= 15 is 0 Å². The van der Waals surface area contributed by atoms with E-state index in [4.69, 9.17) is 0 Å². The Balaban J connectivity index is 1.63. The van der Waals surface area contributed by atoms with E-state index in [0.29, 0.717) is 11.5 Å². The topological polar surface area (TPSA) is 12.0 Å². The lowest BCUT2D eigenvalue weighted by Gasteiger charge is -2.53. The van der Waals surface area contributed by atoms with Crippen molar-refractivity contribution in [2.24, 2.45) is 5.41 Å². The number of benzene rings is 1. The van der Waals surface area contributed by atoms with Gasteiger partial charge in [-0.1, -0.05) is 49.6 Å². The maximum Gasteiger partial charge on any atom is 0.0294 e. The van der Waals surface area contributed by atoms with E-state index in [9.17, 15) is 0 Å². The molecule has 2 atom stereocenters. The van der Waals surface area contributed by atoms with Crippen LogP contribution < -0.4 is 5.32 Å². The lowest BCUT2D eigenvalue weighted by atomic mass is 9.57. The number of hydrogen-bond donors (Lipinski definition) is 1. The fourth-order valence-electron chi connectivity index (χ4n) is 3.95. The van der Waals surface area contributed by atoms with Gasteiger partial charge in [0.15, 0.2) is 0 Å². The standard InChI is InChI=1S/C17H25N/c1-14(15-8-4-2-5-9-15)18-16-10-13-17(16)11-6-3-7-12-17/h2,4-5,8-9,14,16,18H,3,6-7,10-13H2,1H3/t14-,16?/m0/s1. The van der Waals surface area contributed by atoms with Crippen LogP contribution in [-0.2, 0) is 0 Å². The molecule has 1 aromatic rings. The van der Waals surface area contributed by atoms with Crippen LogP contribution in [0.2, 0.25) is 0 Å². The molecule has 2 aliphatic rings. The van der Waals surface area contributed by atoms with E-state index in [1.807, 2.05) is 0 Å². The smallest absolute Gasteiger partial charge is 0.0294 e. The molecule has 3 rings (SSSR count). The van der Waals surface area contributed by atoms with Crippen LogP contribution >= 0.6 is 0 Å². The van der Waals surface area contributed by atoms with Gasteiger partial charge in [-0.15, -0.1) is 0 Å². The van der Waals surface area contributed by atoms with E-state index in [-0.39, 0.29) is 0 Å². The van der Waals surface area contributed by atoms with Gasteiger partial charge < -0.3 is 5.32 Å². The predicted octanol–water partition coefficient (Wildman–Crippen LogP) is 4.45. The zero-order valence-corrected chi connectivity index (χ0v) is 11.5. The highest BCUT2D eigenvalue weighted by atomic mass is 15.0. The molecule has 2 saturated carbocycles. The number of hydrogen-bond acceptors (Lipinski definition) is 1. The van der Waals surface area contributed by atoms with Crippen molar-refractivity contribution in [3.05, 3.63) is 35.9 Å². The molecule has 2 fully saturated rings. The molecule has 0 aliphatic heterocycles. The molecule has 0 saturated heterocycles. The molecular formula is C17H25N. The van der Waals surface area contributed by atoms with Gasteiger partial charge in [0.1, 0.15) is 0 Å². The first-order chi connectivity index (χ1) is 8.80. The minimum Gasteiger partial charge on any atom is -0.307 e. The second kappa shape index (κ2) is 5.05. The molecule has 1 aromatic carbocycles. The molecule has 1 unspecified atom stereocenters. The molecule has 0 radical (unpaired) electrons. The quantitative estimate of drug-likeness (QED) is 0.827. The molecule has 18 heavy (non-hydrogen) atoms. The van der Waals surface area contributed by atoms with E-state index in [0.717, 1.165) is 6.04 Å². The summed E-state index contributed by atoms with van der Waals surface area (Å²) in [7, 11) is 0. The Labute approximate surface area is 111 Å². The van der Waals surface area contributed by atoms with E-state index < -0.39 is 0 Å². The highest BCUT2D eigenvalue weighted by Crippen LogP contribution is 2.52. The third-order valence-electron chi connectivity index (χ3n) is 5.27. The van der Waals surface area contributed by atoms with Crippen LogP contribution in [0.25, 0.3) is 0 Å². The lowest BCUT2D eigenvalue weighted by Crippen LogP contribution is -2.54. The molecule has 0 amide bonds. The number of rotatable bonds is 3. The first kappa shape index (κ1) is 12.2. The van der Waals surface area contributed by atoms with E-state index in [1.165, 1.54) is 50.5 Å². The van der Waals surface area contributed by atoms with Gasteiger partial charge in [-0.2, -0.15) is 0 Å². The van der Waals surface area contributed by atoms with Gasteiger partial charge in [0, 0.05) is 12.1 Å². The predicted molar refractivity (Wildman–Crippen MR) is 76.5 cm³/mol. The average molecular weight is 243 g/mol. The largest absolute Gasteiger partial charge is 0.307 e. The highest BCUT2D eigenvalue weighted by Gasteiger charge is 2.46.